The molecule has 0 aliphatic carbocycles. The number of rotatable bonds is 6. The first-order chi connectivity index (χ1) is 11.5. The van der Waals surface area contributed by atoms with Crippen LogP contribution in [-0.2, 0) is 11.2 Å². The summed E-state index contributed by atoms with van der Waals surface area (Å²) in [5.74, 6) is 0.959. The van der Waals surface area contributed by atoms with Gasteiger partial charge in [-0.05, 0) is 35.7 Å². The van der Waals surface area contributed by atoms with Crippen molar-refractivity contribution in [2.45, 2.75) is 26.7 Å². The smallest absolute Gasteiger partial charge is 0.279 e. The van der Waals surface area contributed by atoms with E-state index in [-0.39, 0.29) is 11.6 Å². The zero-order valence-electron chi connectivity index (χ0n) is 13.6. The molecule has 0 aliphatic rings. The minimum Gasteiger partial charge on any atom is -0.431 e. The third kappa shape index (κ3) is 4.17. The molecule has 24 heavy (non-hydrogen) atoms. The molecule has 0 saturated carbocycles. The molecule has 0 aliphatic heterocycles. The monoisotopic (exact) mass is 343 g/mol. The lowest BCUT2D eigenvalue weighted by atomic mass is 10.0. The summed E-state index contributed by atoms with van der Waals surface area (Å²) in [6.45, 7) is 4.08. The molecule has 0 bridgehead atoms. The second-order valence-corrected chi connectivity index (χ2v) is 7.14. The number of fused-ring (bicyclic) bond motifs is 1. The molecule has 0 saturated heterocycles. The lowest BCUT2D eigenvalue weighted by Gasteiger charge is -2.05. The Balaban J connectivity index is 1.67. The fourth-order valence-corrected chi connectivity index (χ4v) is 3.27. The second kappa shape index (κ2) is 7.09. The van der Waals surface area contributed by atoms with Crippen LogP contribution < -0.4 is 4.74 Å². The lowest BCUT2D eigenvalue weighted by Crippen LogP contribution is -2.06. The van der Waals surface area contributed by atoms with Crippen LogP contribution in [0.5, 0.6) is 10.9 Å². The zero-order chi connectivity index (χ0) is 17.1. The van der Waals surface area contributed by atoms with Gasteiger partial charge >= 0.3 is 0 Å². The van der Waals surface area contributed by atoms with E-state index in [4.69, 9.17) is 4.74 Å². The highest BCUT2D eigenvalue weighted by Gasteiger charge is 2.09. The maximum atomic E-state index is 13.2. The first-order valence-electron chi connectivity index (χ1n) is 7.84. The van der Waals surface area contributed by atoms with Crippen molar-refractivity contribution in [2.75, 3.05) is 0 Å². The van der Waals surface area contributed by atoms with Gasteiger partial charge in [-0.1, -0.05) is 37.3 Å². The Morgan fingerprint density at radius 1 is 1.21 bits per heavy atom. The van der Waals surface area contributed by atoms with Crippen molar-refractivity contribution in [3.63, 3.8) is 0 Å². The molecule has 3 aromatic rings. The van der Waals surface area contributed by atoms with Gasteiger partial charge in [0.2, 0.25) is 0 Å². The quantitative estimate of drug-likeness (QED) is 0.603. The van der Waals surface area contributed by atoms with Crippen LogP contribution >= 0.6 is 11.3 Å². The molecule has 0 fully saturated rings. The van der Waals surface area contributed by atoms with Gasteiger partial charge in [0.15, 0.2) is 0 Å². The number of hydrogen-bond acceptors (Lipinski definition) is 4. The van der Waals surface area contributed by atoms with E-state index in [9.17, 15) is 9.18 Å². The number of carbonyl (C=O) groups is 1. The first kappa shape index (κ1) is 16.6. The predicted octanol–water partition coefficient (Wildman–Crippen LogP) is 5.39. The highest BCUT2D eigenvalue weighted by molar-refractivity contribution is 7.20. The number of halogens is 1. The molecule has 0 radical (unpaired) electrons. The molecule has 3 rings (SSSR count). The van der Waals surface area contributed by atoms with Crippen LogP contribution in [-0.4, -0.2) is 10.8 Å². The third-order valence-electron chi connectivity index (χ3n) is 3.50. The van der Waals surface area contributed by atoms with Crippen LogP contribution in [0.25, 0.3) is 10.2 Å². The molecule has 5 heteroatoms. The van der Waals surface area contributed by atoms with Crippen molar-refractivity contribution in [3.8, 4) is 10.9 Å². The predicted molar refractivity (Wildman–Crippen MR) is 94.3 cm³/mol. The average molecular weight is 343 g/mol. The van der Waals surface area contributed by atoms with Gasteiger partial charge < -0.3 is 4.74 Å². The number of ether oxygens (including phenoxy) is 1. The fourth-order valence-electron chi connectivity index (χ4n) is 2.45. The molecule has 2 aromatic carbocycles. The van der Waals surface area contributed by atoms with Crippen LogP contribution in [0.4, 0.5) is 4.39 Å². The molecule has 0 unspecified atom stereocenters. The molecule has 0 amide bonds. The van der Waals surface area contributed by atoms with E-state index in [1.807, 2.05) is 38.1 Å². The molecule has 124 valence electrons. The number of thiazole rings is 1. The Labute approximate surface area is 144 Å². The number of hydrogen-bond donors (Lipinski definition) is 0. The largest absolute Gasteiger partial charge is 0.431 e. The van der Waals surface area contributed by atoms with E-state index in [2.05, 4.69) is 4.98 Å². The van der Waals surface area contributed by atoms with Crippen molar-refractivity contribution < 1.29 is 13.9 Å². The maximum absolute atomic E-state index is 13.2. The van der Waals surface area contributed by atoms with Crippen molar-refractivity contribution >= 4 is 27.3 Å². The van der Waals surface area contributed by atoms with Crippen molar-refractivity contribution in [1.29, 1.82) is 0 Å². The highest BCUT2D eigenvalue weighted by Crippen LogP contribution is 2.31. The van der Waals surface area contributed by atoms with Crippen LogP contribution in [0.15, 0.2) is 42.5 Å². The molecule has 1 aromatic heterocycles. The number of benzene rings is 2. The van der Waals surface area contributed by atoms with E-state index >= 15 is 0 Å². The van der Waals surface area contributed by atoms with E-state index in [0.717, 1.165) is 10.3 Å². The van der Waals surface area contributed by atoms with Gasteiger partial charge in [0.25, 0.3) is 5.19 Å². The van der Waals surface area contributed by atoms with E-state index in [1.165, 1.54) is 23.5 Å². The Bertz CT molecular complexity index is 855. The SMILES string of the molecule is CC(C)CC(=O)Cc1ccc(Oc2nc3cc(F)ccc3s2)cc1. The standard InChI is InChI=1S/C19H18FNO2S/c1-12(2)9-15(22)10-13-3-6-16(7-4-13)23-19-21-17-11-14(20)5-8-18(17)24-19/h3-8,11-12H,9-10H2,1-2H3. The zero-order valence-corrected chi connectivity index (χ0v) is 14.4. The van der Waals surface area contributed by atoms with Crippen LogP contribution in [0.1, 0.15) is 25.8 Å². The summed E-state index contributed by atoms with van der Waals surface area (Å²) in [7, 11) is 0. The van der Waals surface area contributed by atoms with Crippen molar-refractivity contribution in [1.82, 2.24) is 4.98 Å². The van der Waals surface area contributed by atoms with E-state index in [1.54, 1.807) is 6.07 Å². The second-order valence-electron chi connectivity index (χ2n) is 6.15. The van der Waals surface area contributed by atoms with E-state index in [0.29, 0.717) is 35.2 Å². The number of Topliss-reactive ketones (excluding diaryl/α,β-unsaturated/α-hetero) is 1. The summed E-state index contributed by atoms with van der Waals surface area (Å²) in [4.78, 5) is 16.1. The van der Waals surface area contributed by atoms with Gasteiger partial charge in [0.1, 0.15) is 17.3 Å². The number of nitrogens with zero attached hydrogens (tertiary/aromatic N) is 1. The van der Waals surface area contributed by atoms with Crippen molar-refractivity contribution in [2.24, 2.45) is 5.92 Å². The van der Waals surface area contributed by atoms with Gasteiger partial charge in [-0.15, -0.1) is 0 Å². The molecule has 0 spiro atoms. The number of aromatic nitrogens is 1. The average Bonchev–Trinajstić information content (AvgIpc) is 2.89. The Hall–Kier alpha value is -2.27. The fraction of sp³-hybridized carbons (Fsp3) is 0.263. The Morgan fingerprint density at radius 2 is 1.96 bits per heavy atom. The molecular weight excluding hydrogens is 325 g/mol. The maximum Gasteiger partial charge on any atom is 0.279 e. The number of carbonyl (C=O) groups excluding carboxylic acids is 1. The van der Waals surface area contributed by atoms with E-state index < -0.39 is 0 Å². The van der Waals surface area contributed by atoms with Crippen LogP contribution in [0, 0.1) is 11.7 Å². The molecule has 3 nitrogen and oxygen atoms in total. The molecule has 0 atom stereocenters. The summed E-state index contributed by atoms with van der Waals surface area (Å²) in [5, 5.41) is 0.472. The Kier molecular flexibility index (Phi) is 4.90. The van der Waals surface area contributed by atoms with Gasteiger partial charge in [-0.2, -0.15) is 0 Å². The van der Waals surface area contributed by atoms with Crippen LogP contribution in [0.2, 0.25) is 0 Å². The number of ketones is 1. The van der Waals surface area contributed by atoms with Gasteiger partial charge in [-0.3, -0.25) is 4.79 Å². The summed E-state index contributed by atoms with van der Waals surface area (Å²) >= 11 is 1.37. The van der Waals surface area contributed by atoms with Crippen molar-refractivity contribution in [3.05, 3.63) is 53.8 Å². The topological polar surface area (TPSA) is 39.2 Å². The minimum atomic E-state index is -0.310. The van der Waals surface area contributed by atoms with Gasteiger partial charge in [-0.25, -0.2) is 9.37 Å². The minimum absolute atomic E-state index is 0.242. The first-order valence-corrected chi connectivity index (χ1v) is 8.66. The molecule has 1 heterocycles. The van der Waals surface area contributed by atoms with Gasteiger partial charge in [0, 0.05) is 18.9 Å². The summed E-state index contributed by atoms with van der Waals surface area (Å²) < 4.78 is 19.8. The summed E-state index contributed by atoms with van der Waals surface area (Å²) in [6.07, 6.45) is 1.04. The highest BCUT2D eigenvalue weighted by atomic mass is 32.1. The third-order valence-corrected chi connectivity index (χ3v) is 4.41. The molecular formula is C19H18FNO2S. The molecule has 0 N–H and O–H groups in total. The van der Waals surface area contributed by atoms with Gasteiger partial charge in [0.05, 0.1) is 10.2 Å². The normalized spacial score (nSPS) is 11.2. The Morgan fingerprint density at radius 3 is 2.67 bits per heavy atom. The van der Waals surface area contributed by atoms with Crippen LogP contribution in [0.3, 0.4) is 0 Å². The summed E-state index contributed by atoms with van der Waals surface area (Å²) in [6, 6.07) is 11.9. The summed E-state index contributed by atoms with van der Waals surface area (Å²) in [5.41, 5.74) is 1.56. The lowest BCUT2D eigenvalue weighted by molar-refractivity contribution is -0.119.